The fraction of sp³-hybridized carbons (Fsp3) is 0. The Morgan fingerprint density at radius 1 is 0.354 bits per heavy atom. The van der Waals surface area contributed by atoms with Crippen molar-refractivity contribution < 1.29 is 9.47 Å². The molecule has 9 aromatic rings. The number of fused-ring (bicyclic) bond motifs is 10. The fourth-order valence-electron chi connectivity index (χ4n) is 8.22. The van der Waals surface area contributed by atoms with E-state index in [1.807, 2.05) is 22.7 Å². The second kappa shape index (κ2) is 10.1. The molecule has 0 saturated carbocycles. The van der Waals surface area contributed by atoms with Gasteiger partial charge in [-0.25, -0.2) is 0 Å². The number of para-hydroxylation sites is 4. The molecule has 0 spiro atoms. The summed E-state index contributed by atoms with van der Waals surface area (Å²) in [7, 11) is 0. The van der Waals surface area contributed by atoms with Crippen molar-refractivity contribution in [2.45, 2.75) is 0 Å². The Morgan fingerprint density at radius 2 is 0.667 bits per heavy atom. The van der Waals surface area contributed by atoms with Crippen LogP contribution in [0.5, 0.6) is 23.0 Å². The number of hydrogen-bond donors (Lipinski definition) is 0. The SMILES string of the molecule is c1ccc2c(c1)Oc1ccccc1B2c1c2sc3ccccc3c2c(B2c3ccccc3Oc3ccccc32)c2sc3ccccc3c12. The first kappa shape index (κ1) is 26.7. The maximum Gasteiger partial charge on any atom is 0.253 e. The molecule has 222 valence electrons. The first-order chi connectivity index (χ1) is 23.8. The molecule has 2 aromatic heterocycles. The van der Waals surface area contributed by atoms with Gasteiger partial charge < -0.3 is 9.47 Å². The van der Waals surface area contributed by atoms with E-state index in [0.717, 1.165) is 23.0 Å². The van der Waals surface area contributed by atoms with Crippen LogP contribution >= 0.6 is 22.7 Å². The topological polar surface area (TPSA) is 18.5 Å². The zero-order valence-electron chi connectivity index (χ0n) is 25.6. The van der Waals surface area contributed by atoms with Gasteiger partial charge >= 0.3 is 0 Å². The minimum absolute atomic E-state index is 0.00512. The normalized spacial score (nSPS) is 13.2. The summed E-state index contributed by atoms with van der Waals surface area (Å²) in [5.74, 6) is 3.72. The lowest BCUT2D eigenvalue weighted by molar-refractivity contribution is 0.487. The standard InChI is InChI=1S/C42H24B2O2S2/c1-11-23-35-25(13-1)37-39(43-27-15-3-7-19-31(27)45-32-20-8-4-16-28(32)43)42-38(26-14-2-12-24-36(26)48-42)40(41(37)47-35)44-29-17-5-9-21-33(29)46-34-22-10-6-18-30(34)44/h1-24H. The third-order valence-corrected chi connectivity index (χ3v) is 12.6. The molecule has 0 saturated heterocycles. The molecule has 48 heavy (non-hydrogen) atoms. The lowest BCUT2D eigenvalue weighted by Gasteiger charge is -2.30. The Labute approximate surface area is 286 Å². The number of rotatable bonds is 2. The van der Waals surface area contributed by atoms with E-state index in [2.05, 4.69) is 146 Å². The van der Waals surface area contributed by atoms with Gasteiger partial charge in [0, 0.05) is 18.8 Å². The third-order valence-electron chi connectivity index (χ3n) is 10.2. The van der Waals surface area contributed by atoms with Gasteiger partial charge in [-0.05, 0) is 90.7 Å². The molecule has 0 N–H and O–H groups in total. The van der Waals surface area contributed by atoms with Gasteiger partial charge in [-0.3, -0.25) is 0 Å². The van der Waals surface area contributed by atoms with Crippen molar-refractivity contribution in [3.8, 4) is 23.0 Å². The van der Waals surface area contributed by atoms with Crippen LogP contribution in [0.4, 0.5) is 0 Å². The highest BCUT2D eigenvalue weighted by molar-refractivity contribution is 7.31. The summed E-state index contributed by atoms with van der Waals surface area (Å²) in [5.41, 5.74) is 7.59. The van der Waals surface area contributed by atoms with Crippen molar-refractivity contribution in [3.63, 3.8) is 0 Å². The van der Waals surface area contributed by atoms with Crippen LogP contribution in [-0.2, 0) is 0 Å². The predicted molar refractivity (Wildman–Crippen MR) is 207 cm³/mol. The Hall–Kier alpha value is -5.29. The second-order valence-corrected chi connectivity index (χ2v) is 14.8. The molecule has 0 radical (unpaired) electrons. The highest BCUT2D eigenvalue weighted by atomic mass is 32.1. The Balaban J connectivity index is 1.38. The highest BCUT2D eigenvalue weighted by Gasteiger charge is 2.40. The number of benzene rings is 7. The van der Waals surface area contributed by atoms with Gasteiger partial charge in [-0.1, -0.05) is 109 Å². The molecule has 2 nitrogen and oxygen atoms in total. The van der Waals surface area contributed by atoms with Gasteiger partial charge in [0.1, 0.15) is 23.0 Å². The Kier molecular flexibility index (Phi) is 5.63. The number of thiophene rings is 2. The largest absolute Gasteiger partial charge is 0.458 e. The van der Waals surface area contributed by atoms with E-state index in [4.69, 9.17) is 9.47 Å². The van der Waals surface area contributed by atoms with Crippen molar-refractivity contribution in [3.05, 3.63) is 146 Å². The van der Waals surface area contributed by atoms with Gasteiger partial charge in [-0.15, -0.1) is 22.7 Å². The zero-order chi connectivity index (χ0) is 31.3. The minimum Gasteiger partial charge on any atom is -0.458 e. The van der Waals surface area contributed by atoms with E-state index in [1.54, 1.807) is 0 Å². The van der Waals surface area contributed by atoms with Crippen molar-refractivity contribution in [2.24, 2.45) is 0 Å². The summed E-state index contributed by atoms with van der Waals surface area (Å²) in [5, 5.41) is 5.32. The van der Waals surface area contributed by atoms with Crippen LogP contribution in [0.3, 0.4) is 0 Å². The van der Waals surface area contributed by atoms with Crippen LogP contribution in [0, 0.1) is 0 Å². The third kappa shape index (κ3) is 3.64. The molecule has 4 heterocycles. The summed E-state index contributed by atoms with van der Waals surface area (Å²) in [6, 6.07) is 52.4. The van der Waals surface area contributed by atoms with Crippen molar-refractivity contribution in [1.29, 1.82) is 0 Å². The van der Waals surface area contributed by atoms with Crippen LogP contribution in [0.15, 0.2) is 146 Å². The average Bonchev–Trinajstić information content (AvgIpc) is 3.72. The molecule has 11 rings (SSSR count). The molecule has 0 fully saturated rings. The maximum atomic E-state index is 6.57. The highest BCUT2D eigenvalue weighted by Crippen LogP contribution is 2.41. The molecule has 0 atom stereocenters. The smallest absolute Gasteiger partial charge is 0.253 e. The maximum absolute atomic E-state index is 6.57. The molecule has 0 bridgehead atoms. The molecule has 2 aliphatic heterocycles. The van der Waals surface area contributed by atoms with Gasteiger partial charge in [-0.2, -0.15) is 0 Å². The van der Waals surface area contributed by atoms with E-state index in [9.17, 15) is 0 Å². The van der Waals surface area contributed by atoms with E-state index < -0.39 is 0 Å². The van der Waals surface area contributed by atoms with E-state index in [1.165, 1.54) is 73.1 Å². The van der Waals surface area contributed by atoms with Gasteiger partial charge in [0.05, 0.1) is 0 Å². The predicted octanol–water partition coefficient (Wildman–Crippen LogP) is 7.67. The molecule has 0 unspecified atom stereocenters. The van der Waals surface area contributed by atoms with Gasteiger partial charge in [0.2, 0.25) is 0 Å². The van der Waals surface area contributed by atoms with Gasteiger partial charge in [0.15, 0.2) is 0 Å². The lowest BCUT2D eigenvalue weighted by Crippen LogP contribution is -2.57. The van der Waals surface area contributed by atoms with Gasteiger partial charge in [0.25, 0.3) is 13.4 Å². The molecular weight excluding hydrogens is 622 g/mol. The first-order valence-electron chi connectivity index (χ1n) is 16.3. The minimum atomic E-state index is 0.00512. The quantitative estimate of drug-likeness (QED) is 0.180. The van der Waals surface area contributed by atoms with Crippen LogP contribution in [-0.4, -0.2) is 13.4 Å². The van der Waals surface area contributed by atoms with E-state index in [-0.39, 0.29) is 13.4 Å². The van der Waals surface area contributed by atoms with Crippen LogP contribution < -0.4 is 42.3 Å². The Bertz CT molecular complexity index is 2500. The summed E-state index contributed by atoms with van der Waals surface area (Å²) in [6.07, 6.45) is 0. The van der Waals surface area contributed by atoms with E-state index >= 15 is 0 Å². The monoisotopic (exact) mass is 646 g/mol. The molecule has 7 aromatic carbocycles. The van der Waals surface area contributed by atoms with Crippen LogP contribution in [0.1, 0.15) is 0 Å². The summed E-state index contributed by atoms with van der Waals surface area (Å²) in [6.45, 7) is 0.0102. The number of hydrogen-bond acceptors (Lipinski definition) is 4. The Morgan fingerprint density at radius 3 is 1.04 bits per heavy atom. The molecule has 0 amide bonds. The van der Waals surface area contributed by atoms with Crippen LogP contribution in [0.2, 0.25) is 0 Å². The molecule has 0 aliphatic carbocycles. The molecular formula is C42H24B2O2S2. The van der Waals surface area contributed by atoms with Crippen molar-refractivity contribution in [2.75, 3.05) is 0 Å². The first-order valence-corrected chi connectivity index (χ1v) is 18.0. The van der Waals surface area contributed by atoms with Crippen molar-refractivity contribution in [1.82, 2.24) is 0 Å². The molecule has 2 aliphatic rings. The van der Waals surface area contributed by atoms with E-state index in [0.29, 0.717) is 0 Å². The zero-order valence-corrected chi connectivity index (χ0v) is 27.3. The summed E-state index contributed by atoms with van der Waals surface area (Å²) < 4.78 is 18.4. The lowest BCUT2D eigenvalue weighted by atomic mass is 9.33. The second-order valence-electron chi connectivity index (χ2n) is 12.7. The summed E-state index contributed by atoms with van der Waals surface area (Å²) in [4.78, 5) is 0. The summed E-state index contributed by atoms with van der Waals surface area (Å²) >= 11 is 3.86. The average molecular weight is 646 g/mol. The number of ether oxygens (including phenoxy) is 2. The fourth-order valence-corrected chi connectivity index (χ4v) is 10.8. The molecule has 6 heteroatoms. The van der Waals surface area contributed by atoms with Crippen LogP contribution in [0.25, 0.3) is 40.3 Å². The van der Waals surface area contributed by atoms with Crippen molar-refractivity contribution >= 4 is 109 Å².